The largest absolute Gasteiger partial charge is 0.356 e. The number of guanidine groups is 1. The van der Waals surface area contributed by atoms with Crippen LogP contribution >= 0.6 is 0 Å². The van der Waals surface area contributed by atoms with Gasteiger partial charge in [0.1, 0.15) is 0 Å². The lowest BCUT2D eigenvalue weighted by atomic mass is 9.89. The monoisotopic (exact) mass is 381 g/mol. The molecular formula is C20H35N3O2S. The van der Waals surface area contributed by atoms with Crippen LogP contribution in [0.25, 0.3) is 0 Å². The van der Waals surface area contributed by atoms with E-state index in [-0.39, 0.29) is 5.92 Å². The molecule has 4 fully saturated rings. The van der Waals surface area contributed by atoms with Gasteiger partial charge in [-0.3, -0.25) is 4.99 Å². The lowest BCUT2D eigenvalue weighted by molar-refractivity contribution is 0.348. The lowest BCUT2D eigenvalue weighted by Gasteiger charge is -2.27. The minimum atomic E-state index is -2.81. The third kappa shape index (κ3) is 4.93. The Labute approximate surface area is 158 Å². The molecule has 0 spiro atoms. The van der Waals surface area contributed by atoms with Crippen molar-refractivity contribution >= 4 is 15.8 Å². The number of nitrogens with zero attached hydrogens (tertiary/aromatic N) is 2. The zero-order chi connectivity index (χ0) is 18.0. The first-order valence-electron chi connectivity index (χ1n) is 10.8. The molecule has 0 amide bonds. The SMILES string of the molecule is O=S1(=O)CCC(CN=C(NCC2CCCCC2)N2CCC(C3CC3)C2)C1. The highest BCUT2D eigenvalue weighted by Crippen LogP contribution is 2.41. The number of rotatable bonds is 5. The van der Waals surface area contributed by atoms with E-state index in [1.807, 2.05) is 0 Å². The molecule has 0 bridgehead atoms. The Morgan fingerprint density at radius 1 is 0.962 bits per heavy atom. The van der Waals surface area contributed by atoms with Gasteiger partial charge in [0.05, 0.1) is 11.5 Å². The Bertz CT molecular complexity index is 609. The fourth-order valence-corrected chi connectivity index (χ4v) is 6.91. The minimum absolute atomic E-state index is 0.216. The molecule has 4 aliphatic rings. The summed E-state index contributed by atoms with van der Waals surface area (Å²) in [5.41, 5.74) is 0. The van der Waals surface area contributed by atoms with Gasteiger partial charge in [-0.25, -0.2) is 8.42 Å². The van der Waals surface area contributed by atoms with Crippen LogP contribution in [0.1, 0.15) is 57.8 Å². The van der Waals surface area contributed by atoms with Gasteiger partial charge in [-0.2, -0.15) is 0 Å². The minimum Gasteiger partial charge on any atom is -0.356 e. The summed E-state index contributed by atoms with van der Waals surface area (Å²) in [6, 6.07) is 0. The van der Waals surface area contributed by atoms with Gasteiger partial charge in [0.15, 0.2) is 15.8 Å². The van der Waals surface area contributed by atoms with Gasteiger partial charge in [-0.1, -0.05) is 19.3 Å². The average molecular weight is 382 g/mol. The average Bonchev–Trinajstić information content (AvgIpc) is 3.27. The van der Waals surface area contributed by atoms with Crippen LogP contribution in [-0.2, 0) is 9.84 Å². The molecule has 1 N–H and O–H groups in total. The highest BCUT2D eigenvalue weighted by atomic mass is 32.2. The summed E-state index contributed by atoms with van der Waals surface area (Å²) < 4.78 is 23.4. The van der Waals surface area contributed by atoms with E-state index in [1.54, 1.807) is 0 Å². The standard InChI is InChI=1S/C20H35N3O2S/c24-26(25)11-9-17(15-26)13-22-20(21-12-16-4-2-1-3-5-16)23-10-8-19(14-23)18-6-7-18/h16-19H,1-15H2,(H,21,22). The lowest BCUT2D eigenvalue weighted by Crippen LogP contribution is -2.42. The van der Waals surface area contributed by atoms with Crippen molar-refractivity contribution in [2.75, 3.05) is 37.7 Å². The molecule has 2 saturated heterocycles. The number of nitrogens with one attached hydrogen (secondary N) is 1. The second-order valence-electron chi connectivity index (χ2n) is 9.15. The van der Waals surface area contributed by atoms with E-state index in [0.29, 0.717) is 18.1 Å². The number of hydrogen-bond donors (Lipinski definition) is 1. The maximum absolute atomic E-state index is 11.7. The Morgan fingerprint density at radius 2 is 1.77 bits per heavy atom. The predicted molar refractivity (Wildman–Crippen MR) is 106 cm³/mol. The maximum atomic E-state index is 11.7. The zero-order valence-electron chi connectivity index (χ0n) is 16.0. The molecule has 2 unspecified atom stereocenters. The molecule has 0 aromatic rings. The first-order valence-corrected chi connectivity index (χ1v) is 12.6. The Morgan fingerprint density at radius 3 is 2.46 bits per heavy atom. The molecule has 6 heteroatoms. The van der Waals surface area contributed by atoms with E-state index in [2.05, 4.69) is 10.2 Å². The summed E-state index contributed by atoms with van der Waals surface area (Å²) in [4.78, 5) is 7.37. The molecule has 26 heavy (non-hydrogen) atoms. The van der Waals surface area contributed by atoms with Crippen molar-refractivity contribution in [3.8, 4) is 0 Å². The van der Waals surface area contributed by atoms with Crippen molar-refractivity contribution in [2.45, 2.75) is 57.8 Å². The van der Waals surface area contributed by atoms with E-state index >= 15 is 0 Å². The molecule has 5 nitrogen and oxygen atoms in total. The van der Waals surface area contributed by atoms with Crippen molar-refractivity contribution in [3.63, 3.8) is 0 Å². The van der Waals surface area contributed by atoms with Crippen LogP contribution in [0, 0.1) is 23.7 Å². The second kappa shape index (κ2) is 8.07. The van der Waals surface area contributed by atoms with Crippen LogP contribution in [-0.4, -0.2) is 57.0 Å². The van der Waals surface area contributed by atoms with E-state index in [1.165, 1.54) is 51.4 Å². The third-order valence-electron chi connectivity index (χ3n) is 6.91. The molecule has 0 aromatic heterocycles. The fraction of sp³-hybridized carbons (Fsp3) is 0.950. The van der Waals surface area contributed by atoms with Crippen LogP contribution in [0.5, 0.6) is 0 Å². The smallest absolute Gasteiger partial charge is 0.193 e. The van der Waals surface area contributed by atoms with Crippen molar-refractivity contribution in [1.29, 1.82) is 0 Å². The molecule has 4 rings (SSSR count). The Balaban J connectivity index is 1.36. The zero-order valence-corrected chi connectivity index (χ0v) is 16.9. The maximum Gasteiger partial charge on any atom is 0.193 e. The topological polar surface area (TPSA) is 61.8 Å². The second-order valence-corrected chi connectivity index (χ2v) is 11.4. The summed E-state index contributed by atoms with van der Waals surface area (Å²) in [6.45, 7) is 3.95. The van der Waals surface area contributed by atoms with E-state index in [4.69, 9.17) is 4.99 Å². The van der Waals surface area contributed by atoms with Crippen LogP contribution in [0.15, 0.2) is 4.99 Å². The summed E-state index contributed by atoms with van der Waals surface area (Å²) in [6.07, 6.45) is 11.7. The third-order valence-corrected chi connectivity index (χ3v) is 8.75. The first-order chi connectivity index (χ1) is 12.6. The van der Waals surface area contributed by atoms with Crippen molar-refractivity contribution in [2.24, 2.45) is 28.7 Å². The molecular weight excluding hydrogens is 346 g/mol. The van der Waals surface area contributed by atoms with Gasteiger partial charge in [0.2, 0.25) is 0 Å². The quantitative estimate of drug-likeness (QED) is 0.587. The molecule has 148 valence electrons. The molecule has 2 atom stereocenters. The molecule has 2 aliphatic heterocycles. The number of sulfone groups is 1. The van der Waals surface area contributed by atoms with Gasteiger partial charge in [-0.15, -0.1) is 0 Å². The first kappa shape index (κ1) is 18.6. The van der Waals surface area contributed by atoms with Crippen LogP contribution in [0.2, 0.25) is 0 Å². The molecule has 2 heterocycles. The van der Waals surface area contributed by atoms with Crippen LogP contribution in [0.4, 0.5) is 0 Å². The summed E-state index contributed by atoms with van der Waals surface area (Å²) in [5, 5.41) is 3.68. The van der Waals surface area contributed by atoms with Gasteiger partial charge in [0, 0.05) is 26.2 Å². The summed E-state index contributed by atoms with van der Waals surface area (Å²) in [7, 11) is -2.81. The highest BCUT2D eigenvalue weighted by Gasteiger charge is 2.37. The van der Waals surface area contributed by atoms with Gasteiger partial charge >= 0.3 is 0 Å². The predicted octanol–water partition coefficient (Wildman–Crippen LogP) is 2.68. The number of hydrogen-bond acceptors (Lipinski definition) is 3. The van der Waals surface area contributed by atoms with Crippen LogP contribution in [0.3, 0.4) is 0 Å². The van der Waals surface area contributed by atoms with Crippen molar-refractivity contribution in [1.82, 2.24) is 10.2 Å². The normalized spacial score (nSPS) is 32.9. The van der Waals surface area contributed by atoms with Crippen molar-refractivity contribution in [3.05, 3.63) is 0 Å². The van der Waals surface area contributed by atoms with Crippen LogP contribution < -0.4 is 5.32 Å². The van der Waals surface area contributed by atoms with Gasteiger partial charge < -0.3 is 10.2 Å². The van der Waals surface area contributed by atoms with Gasteiger partial charge in [0.25, 0.3) is 0 Å². The van der Waals surface area contributed by atoms with E-state index in [0.717, 1.165) is 49.8 Å². The van der Waals surface area contributed by atoms with Gasteiger partial charge in [-0.05, 0) is 62.2 Å². The molecule has 0 radical (unpaired) electrons. The molecule has 2 aliphatic carbocycles. The molecule has 0 aromatic carbocycles. The number of likely N-dealkylation sites (tertiary alicyclic amines) is 1. The Hall–Kier alpha value is -0.780. The Kier molecular flexibility index (Phi) is 5.77. The fourth-order valence-electron chi connectivity index (χ4n) is 5.06. The van der Waals surface area contributed by atoms with E-state index < -0.39 is 9.84 Å². The highest BCUT2D eigenvalue weighted by molar-refractivity contribution is 7.91. The summed E-state index contributed by atoms with van der Waals surface area (Å²) >= 11 is 0. The summed E-state index contributed by atoms with van der Waals surface area (Å²) in [5.74, 6) is 4.55. The molecule has 2 saturated carbocycles. The number of aliphatic imine (C=N–C) groups is 1. The van der Waals surface area contributed by atoms with E-state index in [9.17, 15) is 8.42 Å². The van der Waals surface area contributed by atoms with Crippen molar-refractivity contribution < 1.29 is 8.42 Å².